The minimum Gasteiger partial charge on any atom is -0.383 e. The van der Waals surface area contributed by atoms with Crippen molar-refractivity contribution in [1.82, 2.24) is 14.5 Å². The summed E-state index contributed by atoms with van der Waals surface area (Å²) in [6.45, 7) is 6.72. The van der Waals surface area contributed by atoms with Crippen LogP contribution in [0.2, 0.25) is 0 Å². The summed E-state index contributed by atoms with van der Waals surface area (Å²) in [5.41, 5.74) is 7.95. The molecule has 4 nitrogen and oxygen atoms in total. The lowest BCUT2D eigenvalue weighted by Gasteiger charge is -2.18. The summed E-state index contributed by atoms with van der Waals surface area (Å²) >= 11 is 0. The molecular formula is C15H22N4. The molecule has 0 aliphatic heterocycles. The van der Waals surface area contributed by atoms with Crippen LogP contribution >= 0.6 is 0 Å². The van der Waals surface area contributed by atoms with Gasteiger partial charge in [-0.05, 0) is 37.8 Å². The van der Waals surface area contributed by atoms with E-state index in [2.05, 4.69) is 35.3 Å². The van der Waals surface area contributed by atoms with Gasteiger partial charge in [-0.3, -0.25) is 0 Å². The summed E-state index contributed by atoms with van der Waals surface area (Å²) in [5, 5.41) is 0. The highest BCUT2D eigenvalue weighted by Crippen LogP contribution is 2.28. The Balaban J connectivity index is 2.25. The Labute approximate surface area is 114 Å². The van der Waals surface area contributed by atoms with E-state index >= 15 is 0 Å². The zero-order valence-corrected chi connectivity index (χ0v) is 11.9. The fourth-order valence-corrected chi connectivity index (χ4v) is 2.21. The molecule has 102 valence electrons. The number of hydrogen-bond acceptors (Lipinski definition) is 3. The number of nitrogens with two attached hydrogens (primary N) is 1. The highest BCUT2D eigenvalue weighted by Gasteiger charge is 2.13. The highest BCUT2D eigenvalue weighted by atomic mass is 15.1. The second-order valence-corrected chi connectivity index (χ2v) is 5.44. The summed E-state index contributed by atoms with van der Waals surface area (Å²) < 4.78 is 2.19. The molecule has 1 unspecified atom stereocenters. The smallest absolute Gasteiger partial charge is 0.132 e. The third kappa shape index (κ3) is 3.13. The zero-order chi connectivity index (χ0) is 13.8. The van der Waals surface area contributed by atoms with Crippen molar-refractivity contribution in [3.63, 3.8) is 0 Å². The lowest BCUT2D eigenvalue weighted by atomic mass is 10.0. The van der Waals surface area contributed by atoms with Gasteiger partial charge in [-0.25, -0.2) is 9.97 Å². The third-order valence-electron chi connectivity index (χ3n) is 3.42. The fraction of sp³-hybridized carbons (Fsp3) is 0.467. The summed E-state index contributed by atoms with van der Waals surface area (Å²) in [7, 11) is 0. The van der Waals surface area contributed by atoms with E-state index in [9.17, 15) is 0 Å². The van der Waals surface area contributed by atoms with Crippen LogP contribution in [0.1, 0.15) is 39.7 Å². The van der Waals surface area contributed by atoms with Crippen LogP contribution < -0.4 is 5.73 Å². The molecule has 0 saturated heterocycles. The maximum Gasteiger partial charge on any atom is 0.132 e. The first kappa shape index (κ1) is 13.6. The topological polar surface area (TPSA) is 56.7 Å². The number of hydrogen-bond donors (Lipinski definition) is 1. The van der Waals surface area contributed by atoms with Crippen LogP contribution in [0.4, 0.5) is 5.82 Å². The van der Waals surface area contributed by atoms with Gasteiger partial charge in [-0.15, -0.1) is 0 Å². The predicted molar refractivity (Wildman–Crippen MR) is 78.7 cm³/mol. The largest absolute Gasteiger partial charge is 0.383 e. The predicted octanol–water partition coefficient (Wildman–Crippen LogP) is 3.52. The Morgan fingerprint density at radius 1 is 1.26 bits per heavy atom. The van der Waals surface area contributed by atoms with Crippen molar-refractivity contribution in [3.8, 4) is 11.3 Å². The molecule has 2 heterocycles. The van der Waals surface area contributed by atoms with Gasteiger partial charge in [0.2, 0.25) is 0 Å². The quantitative estimate of drug-likeness (QED) is 0.892. The molecule has 0 aliphatic carbocycles. The van der Waals surface area contributed by atoms with Gasteiger partial charge in [0.25, 0.3) is 0 Å². The van der Waals surface area contributed by atoms with E-state index in [0.717, 1.165) is 23.6 Å². The van der Waals surface area contributed by atoms with Gasteiger partial charge < -0.3 is 10.3 Å². The summed E-state index contributed by atoms with van der Waals surface area (Å²) in [4.78, 5) is 8.41. The van der Waals surface area contributed by atoms with E-state index in [4.69, 9.17) is 5.73 Å². The Hall–Kier alpha value is -1.84. The first-order valence-corrected chi connectivity index (χ1v) is 6.82. The zero-order valence-electron chi connectivity index (χ0n) is 11.9. The van der Waals surface area contributed by atoms with Crippen molar-refractivity contribution < 1.29 is 0 Å². The minimum absolute atomic E-state index is 0.416. The molecule has 0 amide bonds. The molecule has 1 atom stereocenters. The van der Waals surface area contributed by atoms with Gasteiger partial charge >= 0.3 is 0 Å². The lowest BCUT2D eigenvalue weighted by molar-refractivity contribution is 0.441. The summed E-state index contributed by atoms with van der Waals surface area (Å²) in [5.74, 6) is 1.28. The average Bonchev–Trinajstić information content (AvgIpc) is 2.85. The maximum absolute atomic E-state index is 5.95. The molecule has 19 heavy (non-hydrogen) atoms. The molecule has 2 N–H and O–H groups in total. The number of pyridine rings is 1. The molecule has 0 aliphatic rings. The van der Waals surface area contributed by atoms with E-state index in [1.54, 1.807) is 6.20 Å². The van der Waals surface area contributed by atoms with Gasteiger partial charge in [-0.2, -0.15) is 0 Å². The van der Waals surface area contributed by atoms with Gasteiger partial charge in [-0.1, -0.05) is 13.8 Å². The maximum atomic E-state index is 5.95. The third-order valence-corrected chi connectivity index (χ3v) is 3.42. The van der Waals surface area contributed by atoms with Gasteiger partial charge in [0, 0.05) is 17.8 Å². The first-order chi connectivity index (χ1) is 9.09. The molecule has 2 rings (SSSR count). The van der Waals surface area contributed by atoms with Crippen LogP contribution in [0.3, 0.4) is 0 Å². The normalized spacial score (nSPS) is 12.8. The minimum atomic E-state index is 0.416. The Bertz CT molecular complexity index is 530. The molecule has 2 aromatic heterocycles. The monoisotopic (exact) mass is 258 g/mol. The number of nitrogen functional groups attached to an aromatic ring is 1. The SMILES string of the molecule is CC(C)CCC(C)n1cncc1-c1cccnc1N. The standard InChI is InChI=1S/C15H22N4/c1-11(2)6-7-12(3)19-10-17-9-14(19)13-5-4-8-18-15(13)16/h4-5,8-12H,6-7H2,1-3H3,(H2,16,18). The van der Waals surface area contributed by atoms with Crippen molar-refractivity contribution in [1.29, 1.82) is 0 Å². The molecule has 0 radical (unpaired) electrons. The Morgan fingerprint density at radius 3 is 2.74 bits per heavy atom. The molecule has 4 heteroatoms. The molecular weight excluding hydrogens is 236 g/mol. The van der Waals surface area contributed by atoms with Crippen molar-refractivity contribution in [2.24, 2.45) is 5.92 Å². The van der Waals surface area contributed by atoms with Crippen LogP contribution in [0, 0.1) is 5.92 Å². The van der Waals surface area contributed by atoms with Crippen molar-refractivity contribution in [2.75, 3.05) is 5.73 Å². The molecule has 0 bridgehead atoms. The number of rotatable bonds is 5. The van der Waals surface area contributed by atoms with Gasteiger partial charge in [0.1, 0.15) is 5.82 Å². The van der Waals surface area contributed by atoms with Gasteiger partial charge in [0.15, 0.2) is 0 Å². The second kappa shape index (κ2) is 5.87. The van der Waals surface area contributed by atoms with Crippen molar-refractivity contribution >= 4 is 5.82 Å². The first-order valence-electron chi connectivity index (χ1n) is 6.82. The number of anilines is 1. The molecule has 0 spiro atoms. The van der Waals surface area contributed by atoms with Gasteiger partial charge in [0.05, 0.1) is 18.2 Å². The van der Waals surface area contributed by atoms with Crippen LogP contribution in [0.25, 0.3) is 11.3 Å². The molecule has 0 fully saturated rings. The van der Waals surface area contributed by atoms with Crippen LogP contribution in [0.5, 0.6) is 0 Å². The highest BCUT2D eigenvalue weighted by molar-refractivity contribution is 5.70. The fourth-order valence-electron chi connectivity index (χ4n) is 2.21. The second-order valence-electron chi connectivity index (χ2n) is 5.44. The average molecular weight is 258 g/mol. The van der Waals surface area contributed by atoms with Crippen molar-refractivity contribution in [3.05, 3.63) is 30.9 Å². The Kier molecular flexibility index (Phi) is 4.20. The van der Waals surface area contributed by atoms with E-state index in [0.29, 0.717) is 11.9 Å². The molecule has 0 saturated carbocycles. The van der Waals surface area contributed by atoms with E-state index in [1.165, 1.54) is 6.42 Å². The number of aromatic nitrogens is 3. The number of imidazole rings is 1. The lowest BCUT2D eigenvalue weighted by Crippen LogP contribution is -2.07. The summed E-state index contributed by atoms with van der Waals surface area (Å²) in [6, 6.07) is 4.31. The van der Waals surface area contributed by atoms with E-state index in [1.807, 2.05) is 24.7 Å². The Morgan fingerprint density at radius 2 is 2.05 bits per heavy atom. The van der Waals surface area contributed by atoms with E-state index in [-0.39, 0.29) is 0 Å². The molecule has 2 aromatic rings. The number of nitrogens with zero attached hydrogens (tertiary/aromatic N) is 3. The summed E-state index contributed by atoms with van der Waals surface area (Å²) in [6.07, 6.45) is 7.80. The van der Waals surface area contributed by atoms with E-state index < -0.39 is 0 Å². The van der Waals surface area contributed by atoms with Crippen LogP contribution in [-0.4, -0.2) is 14.5 Å². The molecule has 0 aromatic carbocycles. The van der Waals surface area contributed by atoms with Crippen LogP contribution in [0.15, 0.2) is 30.9 Å². The van der Waals surface area contributed by atoms with Crippen molar-refractivity contribution in [2.45, 2.75) is 39.7 Å². The van der Waals surface area contributed by atoms with Crippen LogP contribution in [-0.2, 0) is 0 Å².